The molecular formula is C16H25N3O3. The van der Waals surface area contributed by atoms with Crippen LogP contribution in [0.3, 0.4) is 0 Å². The highest BCUT2D eigenvalue weighted by molar-refractivity contribution is 5.81. The Hall–Kier alpha value is -1.95. The molecule has 2 atom stereocenters. The number of piperidine rings is 1. The average molecular weight is 307 g/mol. The molecule has 1 saturated heterocycles. The van der Waals surface area contributed by atoms with E-state index in [4.69, 9.17) is 15.2 Å². The number of likely N-dealkylation sites (tertiary alicyclic amines) is 1. The van der Waals surface area contributed by atoms with Gasteiger partial charge in [0.2, 0.25) is 5.91 Å². The minimum atomic E-state index is -0.448. The van der Waals surface area contributed by atoms with Crippen LogP contribution in [0.5, 0.6) is 11.5 Å². The van der Waals surface area contributed by atoms with Gasteiger partial charge in [-0.2, -0.15) is 0 Å². The van der Waals surface area contributed by atoms with Gasteiger partial charge in [-0.3, -0.25) is 4.79 Å². The van der Waals surface area contributed by atoms with E-state index in [1.165, 1.54) is 0 Å². The van der Waals surface area contributed by atoms with Crippen molar-refractivity contribution in [2.45, 2.75) is 31.8 Å². The van der Waals surface area contributed by atoms with Crippen molar-refractivity contribution < 1.29 is 14.3 Å². The van der Waals surface area contributed by atoms with E-state index >= 15 is 0 Å². The SMILES string of the molecule is COc1cc(NC2CCCN(C(=O)C(C)N)C2)cc(OC)c1. The molecule has 0 spiro atoms. The number of nitrogens with one attached hydrogen (secondary N) is 1. The molecule has 1 aromatic carbocycles. The van der Waals surface area contributed by atoms with Crippen LogP contribution in [0.4, 0.5) is 5.69 Å². The second-order valence-electron chi connectivity index (χ2n) is 5.66. The highest BCUT2D eigenvalue weighted by Gasteiger charge is 2.25. The van der Waals surface area contributed by atoms with Gasteiger partial charge in [-0.1, -0.05) is 0 Å². The summed E-state index contributed by atoms with van der Waals surface area (Å²) in [5.41, 5.74) is 6.62. The molecule has 1 aliphatic rings. The molecule has 1 heterocycles. The Balaban J connectivity index is 2.05. The maximum Gasteiger partial charge on any atom is 0.239 e. The van der Waals surface area contributed by atoms with Gasteiger partial charge in [-0.05, 0) is 19.8 Å². The van der Waals surface area contributed by atoms with Gasteiger partial charge in [0.15, 0.2) is 0 Å². The summed E-state index contributed by atoms with van der Waals surface area (Å²) >= 11 is 0. The Bertz CT molecular complexity index is 497. The topological polar surface area (TPSA) is 76.8 Å². The number of nitrogens with zero attached hydrogens (tertiary/aromatic N) is 1. The lowest BCUT2D eigenvalue weighted by Gasteiger charge is -2.34. The monoisotopic (exact) mass is 307 g/mol. The second kappa shape index (κ2) is 7.35. The van der Waals surface area contributed by atoms with Crippen LogP contribution in [0.1, 0.15) is 19.8 Å². The molecule has 0 aromatic heterocycles. The maximum absolute atomic E-state index is 12.0. The number of hydrogen-bond acceptors (Lipinski definition) is 5. The largest absolute Gasteiger partial charge is 0.497 e. The predicted octanol–water partition coefficient (Wildman–Crippen LogP) is 1.45. The Labute approximate surface area is 131 Å². The lowest BCUT2D eigenvalue weighted by molar-refractivity contribution is -0.133. The van der Waals surface area contributed by atoms with E-state index in [1.54, 1.807) is 21.1 Å². The number of hydrogen-bond donors (Lipinski definition) is 2. The van der Waals surface area contributed by atoms with Crippen LogP contribution >= 0.6 is 0 Å². The third-order valence-corrected chi connectivity index (χ3v) is 3.84. The highest BCUT2D eigenvalue weighted by Crippen LogP contribution is 2.27. The molecule has 1 aromatic rings. The first kappa shape index (κ1) is 16.4. The van der Waals surface area contributed by atoms with E-state index < -0.39 is 6.04 Å². The van der Waals surface area contributed by atoms with E-state index in [0.29, 0.717) is 6.54 Å². The van der Waals surface area contributed by atoms with Crippen LogP contribution in [0.25, 0.3) is 0 Å². The first-order valence-corrected chi connectivity index (χ1v) is 7.57. The fraction of sp³-hybridized carbons (Fsp3) is 0.562. The number of carbonyl (C=O) groups is 1. The molecule has 6 heteroatoms. The predicted molar refractivity (Wildman–Crippen MR) is 86.4 cm³/mol. The summed E-state index contributed by atoms with van der Waals surface area (Å²) < 4.78 is 10.6. The molecule has 0 aliphatic carbocycles. The van der Waals surface area contributed by atoms with Gasteiger partial charge < -0.3 is 25.4 Å². The van der Waals surface area contributed by atoms with E-state index in [-0.39, 0.29) is 11.9 Å². The van der Waals surface area contributed by atoms with Crippen LogP contribution in [-0.2, 0) is 4.79 Å². The lowest BCUT2D eigenvalue weighted by atomic mass is 10.0. The first-order valence-electron chi connectivity index (χ1n) is 7.57. The summed E-state index contributed by atoms with van der Waals surface area (Å²) in [4.78, 5) is 13.9. The number of amides is 1. The molecule has 0 bridgehead atoms. The molecule has 122 valence electrons. The van der Waals surface area contributed by atoms with Crippen LogP contribution in [-0.4, -0.2) is 50.2 Å². The molecule has 2 unspecified atom stereocenters. The number of rotatable bonds is 5. The lowest BCUT2D eigenvalue weighted by Crippen LogP contribution is -2.50. The second-order valence-corrected chi connectivity index (χ2v) is 5.66. The number of benzene rings is 1. The third kappa shape index (κ3) is 4.04. The zero-order valence-electron chi connectivity index (χ0n) is 13.5. The molecule has 3 N–H and O–H groups in total. The maximum atomic E-state index is 12.0. The number of anilines is 1. The molecule has 0 saturated carbocycles. The van der Waals surface area contributed by atoms with Crippen molar-refractivity contribution in [3.05, 3.63) is 18.2 Å². The highest BCUT2D eigenvalue weighted by atomic mass is 16.5. The zero-order chi connectivity index (χ0) is 16.1. The van der Waals surface area contributed by atoms with E-state index in [0.717, 1.165) is 36.6 Å². The quantitative estimate of drug-likeness (QED) is 0.861. The van der Waals surface area contributed by atoms with Crippen molar-refractivity contribution in [1.82, 2.24) is 4.90 Å². The summed E-state index contributed by atoms with van der Waals surface area (Å²) in [6.45, 7) is 3.17. The fourth-order valence-electron chi connectivity index (χ4n) is 2.71. The van der Waals surface area contributed by atoms with Crippen LogP contribution < -0.4 is 20.5 Å². The van der Waals surface area contributed by atoms with Gasteiger partial charge in [-0.15, -0.1) is 0 Å². The standard InChI is InChI=1S/C16H25N3O3/c1-11(17)16(20)19-6-4-5-12(10-19)18-13-7-14(21-2)9-15(8-13)22-3/h7-9,11-12,18H,4-6,10,17H2,1-3H3. The summed E-state index contributed by atoms with van der Waals surface area (Å²) in [5.74, 6) is 1.48. The minimum Gasteiger partial charge on any atom is -0.497 e. The molecule has 22 heavy (non-hydrogen) atoms. The van der Waals surface area contributed by atoms with Gasteiger partial charge in [0.1, 0.15) is 11.5 Å². The number of nitrogens with two attached hydrogens (primary N) is 1. The van der Waals surface area contributed by atoms with E-state index in [9.17, 15) is 4.79 Å². The van der Waals surface area contributed by atoms with Gasteiger partial charge >= 0.3 is 0 Å². The molecule has 2 rings (SSSR count). The zero-order valence-corrected chi connectivity index (χ0v) is 13.5. The van der Waals surface area contributed by atoms with Crippen LogP contribution in [0.15, 0.2) is 18.2 Å². The summed E-state index contributed by atoms with van der Waals surface area (Å²) in [6.07, 6.45) is 1.99. The smallest absolute Gasteiger partial charge is 0.239 e. The molecular weight excluding hydrogens is 282 g/mol. The molecule has 0 radical (unpaired) electrons. The van der Waals surface area contributed by atoms with Crippen molar-refractivity contribution in [2.75, 3.05) is 32.6 Å². The Kier molecular flexibility index (Phi) is 5.49. The molecule has 1 aliphatic heterocycles. The number of methoxy groups -OCH3 is 2. The third-order valence-electron chi connectivity index (χ3n) is 3.84. The molecule has 6 nitrogen and oxygen atoms in total. The van der Waals surface area contributed by atoms with Crippen molar-refractivity contribution in [1.29, 1.82) is 0 Å². The first-order chi connectivity index (χ1) is 10.5. The van der Waals surface area contributed by atoms with E-state index in [2.05, 4.69) is 5.32 Å². The normalized spacial score (nSPS) is 19.5. The number of ether oxygens (including phenoxy) is 2. The summed E-state index contributed by atoms with van der Waals surface area (Å²) in [7, 11) is 3.25. The van der Waals surface area contributed by atoms with Gasteiger partial charge in [0.25, 0.3) is 0 Å². The molecule has 1 fully saturated rings. The van der Waals surface area contributed by atoms with Gasteiger partial charge in [-0.25, -0.2) is 0 Å². The van der Waals surface area contributed by atoms with Gasteiger partial charge in [0.05, 0.1) is 20.3 Å². The van der Waals surface area contributed by atoms with E-state index in [1.807, 2.05) is 23.1 Å². The minimum absolute atomic E-state index is 0.00900. The van der Waals surface area contributed by atoms with Crippen LogP contribution in [0.2, 0.25) is 0 Å². The Morgan fingerprint density at radius 2 is 1.95 bits per heavy atom. The van der Waals surface area contributed by atoms with Gasteiger partial charge in [0, 0.05) is 43.0 Å². The van der Waals surface area contributed by atoms with Crippen molar-refractivity contribution in [3.8, 4) is 11.5 Å². The summed E-state index contributed by atoms with van der Waals surface area (Å²) in [5, 5.41) is 3.46. The Morgan fingerprint density at radius 3 is 2.50 bits per heavy atom. The Morgan fingerprint density at radius 1 is 1.32 bits per heavy atom. The van der Waals surface area contributed by atoms with Crippen molar-refractivity contribution >= 4 is 11.6 Å². The summed E-state index contributed by atoms with van der Waals surface area (Å²) in [6, 6.07) is 5.44. The van der Waals surface area contributed by atoms with Crippen molar-refractivity contribution in [2.24, 2.45) is 5.73 Å². The number of carbonyl (C=O) groups excluding carboxylic acids is 1. The molecule has 1 amide bonds. The average Bonchev–Trinajstić information content (AvgIpc) is 2.53. The van der Waals surface area contributed by atoms with Crippen LogP contribution in [0, 0.1) is 0 Å². The fourth-order valence-corrected chi connectivity index (χ4v) is 2.71. The van der Waals surface area contributed by atoms with Crippen molar-refractivity contribution in [3.63, 3.8) is 0 Å².